The first kappa shape index (κ1) is 22.4. The molecule has 4 nitrogen and oxygen atoms in total. The molecule has 0 aliphatic heterocycles. The van der Waals surface area contributed by atoms with Crippen molar-refractivity contribution in [2.24, 2.45) is 0 Å². The molecule has 1 aromatic heterocycles. The number of nitrogens with zero attached hydrogens (tertiary/aromatic N) is 2. The van der Waals surface area contributed by atoms with Crippen molar-refractivity contribution in [2.75, 3.05) is 6.54 Å². The van der Waals surface area contributed by atoms with Crippen molar-refractivity contribution in [2.45, 2.75) is 64.8 Å². The third kappa shape index (κ3) is 6.33. The van der Waals surface area contributed by atoms with E-state index in [9.17, 15) is 4.79 Å². The van der Waals surface area contributed by atoms with Crippen LogP contribution in [0.3, 0.4) is 0 Å². The molecule has 2 aromatic carbocycles. The molecule has 0 unspecified atom stereocenters. The van der Waals surface area contributed by atoms with Gasteiger partial charge in [-0.25, -0.2) is 4.98 Å². The summed E-state index contributed by atoms with van der Waals surface area (Å²) in [5.74, 6) is 0.931. The number of hydrogen-bond donors (Lipinski definition) is 1. The number of aryl methyl sites for hydroxylation is 1. The number of fused-ring (bicyclic) bond motifs is 1. The molecule has 0 saturated heterocycles. The van der Waals surface area contributed by atoms with E-state index in [1.165, 1.54) is 44.0 Å². The highest BCUT2D eigenvalue weighted by Crippen LogP contribution is 2.18. The van der Waals surface area contributed by atoms with Gasteiger partial charge in [-0.3, -0.25) is 4.79 Å². The number of amides is 1. The Morgan fingerprint density at radius 2 is 1.77 bits per heavy atom. The summed E-state index contributed by atoms with van der Waals surface area (Å²) in [6, 6.07) is 15.3. The summed E-state index contributed by atoms with van der Waals surface area (Å²) >= 11 is 5.99. The van der Waals surface area contributed by atoms with Crippen LogP contribution >= 0.6 is 11.6 Å². The second kappa shape index (κ2) is 11.8. The Labute approximate surface area is 184 Å². The second-order valence-corrected chi connectivity index (χ2v) is 8.24. The molecular weight excluding hydrogens is 394 g/mol. The third-order valence-electron chi connectivity index (χ3n) is 5.44. The van der Waals surface area contributed by atoms with Crippen LogP contribution < -0.4 is 5.32 Å². The van der Waals surface area contributed by atoms with E-state index in [0.717, 1.165) is 24.3 Å². The first-order valence-electron chi connectivity index (χ1n) is 11.2. The topological polar surface area (TPSA) is 46.9 Å². The Kier molecular flexibility index (Phi) is 8.76. The van der Waals surface area contributed by atoms with Crippen molar-refractivity contribution in [1.29, 1.82) is 0 Å². The van der Waals surface area contributed by atoms with Crippen molar-refractivity contribution in [3.05, 3.63) is 64.9 Å². The number of hydrogen-bond acceptors (Lipinski definition) is 2. The average Bonchev–Trinajstić information content (AvgIpc) is 3.10. The van der Waals surface area contributed by atoms with E-state index in [2.05, 4.69) is 35.0 Å². The van der Waals surface area contributed by atoms with E-state index in [1.807, 2.05) is 6.07 Å². The fourth-order valence-corrected chi connectivity index (χ4v) is 4.00. The minimum Gasteiger partial charge on any atom is -0.352 e. The van der Waals surface area contributed by atoms with E-state index < -0.39 is 0 Å². The van der Waals surface area contributed by atoms with Crippen LogP contribution in [0.2, 0.25) is 5.02 Å². The lowest BCUT2D eigenvalue weighted by molar-refractivity contribution is 0.0954. The first-order valence-corrected chi connectivity index (χ1v) is 11.5. The van der Waals surface area contributed by atoms with Gasteiger partial charge in [-0.15, -0.1) is 0 Å². The quantitative estimate of drug-likeness (QED) is 0.340. The highest BCUT2D eigenvalue weighted by atomic mass is 35.5. The smallest absolute Gasteiger partial charge is 0.251 e. The van der Waals surface area contributed by atoms with Crippen LogP contribution in [-0.4, -0.2) is 22.0 Å². The number of carbonyl (C=O) groups is 1. The van der Waals surface area contributed by atoms with Gasteiger partial charge in [0.1, 0.15) is 5.82 Å². The van der Waals surface area contributed by atoms with Gasteiger partial charge in [0, 0.05) is 30.1 Å². The Hall–Kier alpha value is -2.33. The number of nitrogens with one attached hydrogen (secondary N) is 1. The maximum Gasteiger partial charge on any atom is 0.251 e. The van der Waals surface area contributed by atoms with E-state index in [4.69, 9.17) is 16.6 Å². The van der Waals surface area contributed by atoms with Gasteiger partial charge in [0.15, 0.2) is 0 Å². The summed E-state index contributed by atoms with van der Waals surface area (Å²) in [7, 11) is 0. The minimum atomic E-state index is -0.104. The first-order chi connectivity index (χ1) is 14.7. The molecule has 3 aromatic rings. The summed E-state index contributed by atoms with van der Waals surface area (Å²) in [5, 5.41) is 3.56. The van der Waals surface area contributed by atoms with Crippen molar-refractivity contribution in [1.82, 2.24) is 14.9 Å². The number of unbranched alkanes of at least 4 members (excludes halogenated alkanes) is 6. The molecule has 5 heteroatoms. The molecule has 30 heavy (non-hydrogen) atoms. The van der Waals surface area contributed by atoms with Crippen molar-refractivity contribution >= 4 is 28.5 Å². The van der Waals surface area contributed by atoms with Crippen LogP contribution in [0.25, 0.3) is 11.0 Å². The van der Waals surface area contributed by atoms with Crippen LogP contribution in [-0.2, 0) is 13.0 Å². The zero-order valence-electron chi connectivity index (χ0n) is 17.9. The van der Waals surface area contributed by atoms with Gasteiger partial charge < -0.3 is 9.88 Å². The van der Waals surface area contributed by atoms with Gasteiger partial charge in [0.2, 0.25) is 0 Å². The zero-order valence-corrected chi connectivity index (χ0v) is 18.6. The van der Waals surface area contributed by atoms with Crippen LogP contribution in [0.5, 0.6) is 0 Å². The predicted octanol–water partition coefficient (Wildman–Crippen LogP) is 6.41. The summed E-state index contributed by atoms with van der Waals surface area (Å²) in [6.45, 7) is 3.78. The zero-order chi connectivity index (χ0) is 21.2. The molecule has 1 amide bonds. The van der Waals surface area contributed by atoms with Gasteiger partial charge >= 0.3 is 0 Å². The van der Waals surface area contributed by atoms with Crippen molar-refractivity contribution in [3.8, 4) is 0 Å². The average molecular weight is 426 g/mol. The normalized spacial score (nSPS) is 11.1. The van der Waals surface area contributed by atoms with E-state index in [0.29, 0.717) is 23.6 Å². The number of benzene rings is 2. The predicted molar refractivity (Wildman–Crippen MR) is 125 cm³/mol. The van der Waals surface area contributed by atoms with Crippen LogP contribution in [0.1, 0.15) is 68.1 Å². The lowest BCUT2D eigenvalue weighted by Crippen LogP contribution is -2.26. The summed E-state index contributed by atoms with van der Waals surface area (Å²) in [6.07, 6.45) is 9.74. The molecule has 0 aliphatic carbocycles. The number of carbonyl (C=O) groups excluding carboxylic acids is 1. The maximum absolute atomic E-state index is 12.4. The monoisotopic (exact) mass is 425 g/mol. The largest absolute Gasteiger partial charge is 0.352 e. The lowest BCUT2D eigenvalue weighted by Gasteiger charge is -2.10. The van der Waals surface area contributed by atoms with Gasteiger partial charge in [-0.05, 0) is 36.8 Å². The SMILES string of the molecule is CCCCCCCCCn1c(CCNC(=O)c2cccc(Cl)c2)nc2ccccc21. The van der Waals surface area contributed by atoms with Crippen LogP contribution in [0, 0.1) is 0 Å². The van der Waals surface area contributed by atoms with E-state index in [-0.39, 0.29) is 5.91 Å². The summed E-state index contributed by atoms with van der Waals surface area (Å²) in [4.78, 5) is 17.2. The summed E-state index contributed by atoms with van der Waals surface area (Å²) < 4.78 is 2.33. The second-order valence-electron chi connectivity index (χ2n) is 7.81. The Morgan fingerprint density at radius 1 is 1.00 bits per heavy atom. The van der Waals surface area contributed by atoms with Gasteiger partial charge in [0.25, 0.3) is 5.91 Å². The van der Waals surface area contributed by atoms with Crippen molar-refractivity contribution < 1.29 is 4.79 Å². The molecule has 0 fully saturated rings. The van der Waals surface area contributed by atoms with Crippen molar-refractivity contribution in [3.63, 3.8) is 0 Å². The fourth-order valence-electron chi connectivity index (χ4n) is 3.81. The number of imidazole rings is 1. The molecule has 0 spiro atoms. The molecule has 0 saturated carbocycles. The van der Waals surface area contributed by atoms with Gasteiger partial charge in [0.05, 0.1) is 11.0 Å². The van der Waals surface area contributed by atoms with E-state index >= 15 is 0 Å². The standard InChI is InChI=1S/C25H32ClN3O/c1-2-3-4-5-6-7-10-18-29-23-15-9-8-14-22(23)28-24(29)16-17-27-25(30)20-12-11-13-21(26)19-20/h8-9,11-15,19H,2-7,10,16-18H2,1H3,(H,27,30). The molecule has 0 aliphatic rings. The highest BCUT2D eigenvalue weighted by Gasteiger charge is 2.11. The Bertz CT molecular complexity index is 950. The molecule has 0 bridgehead atoms. The number of halogens is 1. The number of rotatable bonds is 12. The van der Waals surface area contributed by atoms with E-state index in [1.54, 1.807) is 24.3 Å². The molecule has 160 valence electrons. The number of para-hydroxylation sites is 2. The Morgan fingerprint density at radius 3 is 2.57 bits per heavy atom. The third-order valence-corrected chi connectivity index (χ3v) is 5.67. The highest BCUT2D eigenvalue weighted by molar-refractivity contribution is 6.30. The van der Waals surface area contributed by atoms with Gasteiger partial charge in [-0.1, -0.05) is 75.2 Å². The fraction of sp³-hybridized carbons (Fsp3) is 0.440. The molecular formula is C25H32ClN3O. The summed E-state index contributed by atoms with van der Waals surface area (Å²) in [5.41, 5.74) is 2.79. The molecule has 1 N–H and O–H groups in total. The molecule has 0 atom stereocenters. The minimum absolute atomic E-state index is 0.104. The lowest BCUT2D eigenvalue weighted by atomic mass is 10.1. The van der Waals surface area contributed by atoms with Crippen LogP contribution in [0.4, 0.5) is 0 Å². The molecule has 1 heterocycles. The molecule has 0 radical (unpaired) electrons. The number of aromatic nitrogens is 2. The van der Waals surface area contributed by atoms with Gasteiger partial charge in [-0.2, -0.15) is 0 Å². The maximum atomic E-state index is 12.4. The Balaban J connectivity index is 1.56. The van der Waals surface area contributed by atoms with Crippen LogP contribution in [0.15, 0.2) is 48.5 Å². The molecule has 3 rings (SSSR count).